The van der Waals surface area contributed by atoms with Crippen LogP contribution in [0.1, 0.15) is 20.3 Å². The van der Waals surface area contributed by atoms with Crippen molar-refractivity contribution >= 4 is 29.4 Å². The van der Waals surface area contributed by atoms with Crippen molar-refractivity contribution in [1.82, 2.24) is 14.7 Å². The molecule has 0 aliphatic heterocycles. The molecule has 0 unspecified atom stereocenters. The topological polar surface area (TPSA) is 38.1 Å². The third-order valence-corrected chi connectivity index (χ3v) is 4.52. The molecule has 0 saturated heterocycles. The largest absolute Gasteiger partial charge is 0.344 e. The Hall–Kier alpha value is -1.60. The van der Waals surface area contributed by atoms with E-state index in [4.69, 9.17) is 11.6 Å². The summed E-state index contributed by atoms with van der Waals surface area (Å²) < 4.78 is 27.8. The monoisotopic (exact) mass is 359 g/mol. The number of hydrogen-bond donors (Lipinski definition) is 0. The molecular weight excluding hydrogens is 344 g/mol. The lowest BCUT2D eigenvalue weighted by Crippen LogP contribution is -2.35. The third-order valence-electron chi connectivity index (χ3n) is 3.08. The molecule has 1 amide bonds. The fourth-order valence-electron chi connectivity index (χ4n) is 1.97. The van der Waals surface area contributed by atoms with Crippen LogP contribution >= 0.6 is 23.4 Å². The average molecular weight is 360 g/mol. The zero-order chi connectivity index (χ0) is 17.0. The Labute approximate surface area is 142 Å². The highest BCUT2D eigenvalue weighted by Crippen LogP contribution is 2.33. The Morgan fingerprint density at radius 1 is 1.39 bits per heavy atom. The maximum Gasteiger partial charge on any atom is 0.344 e. The van der Waals surface area contributed by atoms with Gasteiger partial charge in [0, 0.05) is 24.1 Å². The lowest BCUT2D eigenvalue weighted by atomic mass is 10.3. The molecule has 4 nitrogen and oxygen atoms in total. The highest BCUT2D eigenvalue weighted by Gasteiger charge is 2.18. The van der Waals surface area contributed by atoms with Gasteiger partial charge in [-0.15, -0.1) is 0 Å². The number of amides is 1. The summed E-state index contributed by atoms with van der Waals surface area (Å²) in [5.41, 5.74) is 0. The Morgan fingerprint density at radius 3 is 2.74 bits per heavy atom. The molecule has 0 radical (unpaired) electrons. The van der Waals surface area contributed by atoms with E-state index in [-0.39, 0.29) is 21.0 Å². The highest BCUT2D eigenvalue weighted by molar-refractivity contribution is 7.99. The molecule has 0 aliphatic carbocycles. The Kier molecular flexibility index (Phi) is 6.01. The number of carbonyl (C=O) groups excluding carboxylic acids is 1. The van der Waals surface area contributed by atoms with E-state index in [9.17, 15) is 13.6 Å². The molecule has 0 bridgehead atoms. The van der Waals surface area contributed by atoms with Gasteiger partial charge in [-0.3, -0.25) is 0 Å². The Bertz CT molecular complexity index is 708. The number of carbonyl (C=O) groups is 1. The summed E-state index contributed by atoms with van der Waals surface area (Å²) in [6.45, 7) is 5.02. The van der Waals surface area contributed by atoms with Gasteiger partial charge in [0.2, 0.25) is 0 Å². The molecule has 0 fully saturated rings. The van der Waals surface area contributed by atoms with E-state index in [1.54, 1.807) is 4.90 Å². The molecule has 124 valence electrons. The molecule has 1 aromatic heterocycles. The summed E-state index contributed by atoms with van der Waals surface area (Å²) in [5.74, 6) is -1.36. The van der Waals surface area contributed by atoms with Crippen LogP contribution in [0.2, 0.25) is 5.02 Å². The second kappa shape index (κ2) is 7.79. The standard InChI is InChI=1S/C15H16ClF2N3OS/c1-3-7-20(4-2)15(22)21-9-11(16)14(19-21)23-13-6-5-10(17)8-12(13)18/h5-6,8-9H,3-4,7H2,1-2H3. The number of aromatic nitrogens is 2. The van der Waals surface area contributed by atoms with Gasteiger partial charge in [-0.1, -0.05) is 30.3 Å². The van der Waals surface area contributed by atoms with E-state index >= 15 is 0 Å². The van der Waals surface area contributed by atoms with E-state index in [1.807, 2.05) is 13.8 Å². The zero-order valence-electron chi connectivity index (χ0n) is 12.7. The van der Waals surface area contributed by atoms with Gasteiger partial charge in [-0.05, 0) is 25.5 Å². The van der Waals surface area contributed by atoms with Crippen LogP contribution < -0.4 is 0 Å². The molecule has 0 saturated carbocycles. The van der Waals surface area contributed by atoms with E-state index in [0.717, 1.165) is 35.0 Å². The quantitative estimate of drug-likeness (QED) is 0.778. The average Bonchev–Trinajstić information content (AvgIpc) is 2.88. The molecule has 1 heterocycles. The minimum absolute atomic E-state index is 0.187. The van der Waals surface area contributed by atoms with Crippen LogP contribution in [-0.2, 0) is 0 Å². The van der Waals surface area contributed by atoms with Crippen LogP contribution in [0.15, 0.2) is 34.3 Å². The molecule has 2 aromatic rings. The lowest BCUT2D eigenvalue weighted by Gasteiger charge is -2.19. The van der Waals surface area contributed by atoms with Crippen LogP contribution in [0.5, 0.6) is 0 Å². The second-order valence-corrected chi connectivity index (χ2v) is 6.20. The summed E-state index contributed by atoms with van der Waals surface area (Å²) in [6.07, 6.45) is 2.23. The van der Waals surface area contributed by atoms with Crippen molar-refractivity contribution in [2.24, 2.45) is 0 Å². The smallest absolute Gasteiger partial charge is 0.323 e. The molecule has 0 N–H and O–H groups in total. The minimum Gasteiger partial charge on any atom is -0.323 e. The van der Waals surface area contributed by atoms with E-state index in [0.29, 0.717) is 13.1 Å². The Morgan fingerprint density at radius 2 is 2.13 bits per heavy atom. The van der Waals surface area contributed by atoms with Crippen molar-refractivity contribution < 1.29 is 13.6 Å². The minimum atomic E-state index is -0.701. The summed E-state index contributed by atoms with van der Waals surface area (Å²) in [6, 6.07) is 2.96. The number of halogens is 3. The predicted molar refractivity (Wildman–Crippen MR) is 86.1 cm³/mol. The first-order chi connectivity index (χ1) is 11.0. The molecule has 0 atom stereocenters. The number of rotatable bonds is 5. The van der Waals surface area contributed by atoms with E-state index in [1.165, 1.54) is 12.3 Å². The lowest BCUT2D eigenvalue weighted by molar-refractivity contribution is 0.198. The van der Waals surface area contributed by atoms with Crippen molar-refractivity contribution in [2.45, 2.75) is 30.2 Å². The fraction of sp³-hybridized carbons (Fsp3) is 0.333. The van der Waals surface area contributed by atoms with Gasteiger partial charge in [0.25, 0.3) is 0 Å². The molecular formula is C15H16ClF2N3OS. The van der Waals surface area contributed by atoms with Crippen LogP contribution in [0.4, 0.5) is 13.6 Å². The van der Waals surface area contributed by atoms with Crippen molar-refractivity contribution in [3.63, 3.8) is 0 Å². The fourth-order valence-corrected chi connectivity index (χ4v) is 3.00. The van der Waals surface area contributed by atoms with Gasteiger partial charge in [0.05, 0.1) is 11.2 Å². The highest BCUT2D eigenvalue weighted by atomic mass is 35.5. The summed E-state index contributed by atoms with van der Waals surface area (Å²) >= 11 is 7.02. The summed E-state index contributed by atoms with van der Waals surface area (Å²) in [4.78, 5) is 14.2. The van der Waals surface area contributed by atoms with Crippen LogP contribution in [0.25, 0.3) is 0 Å². The van der Waals surface area contributed by atoms with Crippen LogP contribution in [0.3, 0.4) is 0 Å². The maximum absolute atomic E-state index is 13.7. The van der Waals surface area contributed by atoms with Gasteiger partial charge in [0.1, 0.15) is 16.7 Å². The molecule has 2 rings (SSSR count). The summed E-state index contributed by atoms with van der Waals surface area (Å²) in [5, 5.41) is 4.64. The number of nitrogens with zero attached hydrogens (tertiary/aromatic N) is 3. The van der Waals surface area contributed by atoms with Gasteiger partial charge >= 0.3 is 6.03 Å². The first-order valence-corrected chi connectivity index (χ1v) is 8.33. The van der Waals surface area contributed by atoms with Crippen LogP contribution in [0, 0.1) is 11.6 Å². The zero-order valence-corrected chi connectivity index (χ0v) is 14.3. The van der Waals surface area contributed by atoms with Gasteiger partial charge < -0.3 is 4.90 Å². The molecule has 23 heavy (non-hydrogen) atoms. The molecule has 1 aromatic carbocycles. The molecule has 8 heteroatoms. The third kappa shape index (κ3) is 4.23. The SMILES string of the molecule is CCCN(CC)C(=O)n1cc(Cl)c(Sc2ccc(F)cc2F)n1. The van der Waals surface area contributed by atoms with E-state index < -0.39 is 11.6 Å². The molecule has 0 aliphatic rings. The number of hydrogen-bond acceptors (Lipinski definition) is 3. The first kappa shape index (κ1) is 17.7. The van der Waals surface area contributed by atoms with Gasteiger partial charge in [0.15, 0.2) is 0 Å². The van der Waals surface area contributed by atoms with Crippen molar-refractivity contribution in [3.05, 3.63) is 41.1 Å². The summed E-state index contributed by atoms with van der Waals surface area (Å²) in [7, 11) is 0. The first-order valence-electron chi connectivity index (χ1n) is 7.13. The van der Waals surface area contributed by atoms with Crippen LogP contribution in [-0.4, -0.2) is 33.8 Å². The van der Waals surface area contributed by atoms with E-state index in [2.05, 4.69) is 5.10 Å². The second-order valence-electron chi connectivity index (χ2n) is 4.77. The Balaban J connectivity index is 2.22. The molecule has 0 spiro atoms. The normalized spacial score (nSPS) is 10.8. The van der Waals surface area contributed by atoms with Crippen molar-refractivity contribution in [1.29, 1.82) is 0 Å². The number of benzene rings is 1. The van der Waals surface area contributed by atoms with Crippen molar-refractivity contribution in [3.8, 4) is 0 Å². The maximum atomic E-state index is 13.7. The predicted octanol–water partition coefficient (Wildman–Crippen LogP) is 4.67. The van der Waals surface area contributed by atoms with Crippen molar-refractivity contribution in [2.75, 3.05) is 13.1 Å². The van der Waals surface area contributed by atoms with Gasteiger partial charge in [-0.25, -0.2) is 13.6 Å². The van der Waals surface area contributed by atoms with Gasteiger partial charge in [-0.2, -0.15) is 9.78 Å².